The number of hydrogen-bond donors (Lipinski definition) is 3. The third-order valence-corrected chi connectivity index (χ3v) is 3.75. The number of nitrogens with zero attached hydrogens (tertiary/aromatic N) is 2. The predicted molar refractivity (Wildman–Crippen MR) is 102 cm³/mol. The molecule has 3 aromatic rings. The Balaban J connectivity index is 0.000000223. The van der Waals surface area contributed by atoms with Crippen LogP contribution in [0.25, 0.3) is 0 Å². The van der Waals surface area contributed by atoms with E-state index in [0.29, 0.717) is 10.7 Å². The summed E-state index contributed by atoms with van der Waals surface area (Å²) >= 11 is 11.3. The number of anilines is 2. The van der Waals surface area contributed by atoms with E-state index < -0.39 is 11.9 Å². The zero-order valence-electron chi connectivity index (χ0n) is 13.6. The van der Waals surface area contributed by atoms with Crippen molar-refractivity contribution in [2.75, 3.05) is 5.32 Å². The van der Waals surface area contributed by atoms with Crippen LogP contribution in [-0.4, -0.2) is 32.1 Å². The van der Waals surface area contributed by atoms with Gasteiger partial charge in [-0.15, -0.1) is 0 Å². The van der Waals surface area contributed by atoms with Gasteiger partial charge in [0.25, 0.3) is 0 Å². The molecule has 3 N–H and O–H groups in total. The summed E-state index contributed by atoms with van der Waals surface area (Å²) < 4.78 is 0. The third-order valence-electron chi connectivity index (χ3n) is 3.17. The zero-order chi connectivity index (χ0) is 19.8. The maximum absolute atomic E-state index is 11.0. The van der Waals surface area contributed by atoms with Gasteiger partial charge in [0.2, 0.25) is 0 Å². The van der Waals surface area contributed by atoms with Gasteiger partial charge in [-0.05, 0) is 36.4 Å². The second-order valence-electron chi connectivity index (χ2n) is 5.02. The van der Waals surface area contributed by atoms with Gasteiger partial charge in [-0.25, -0.2) is 9.59 Å². The van der Waals surface area contributed by atoms with Crippen molar-refractivity contribution in [3.63, 3.8) is 0 Å². The summed E-state index contributed by atoms with van der Waals surface area (Å²) in [5.74, 6) is -2.08. The molecule has 7 nitrogen and oxygen atoms in total. The molecule has 0 fully saturated rings. The molecule has 2 aromatic heterocycles. The Kier molecular flexibility index (Phi) is 7.10. The lowest BCUT2D eigenvalue weighted by Gasteiger charge is -2.08. The first-order valence-corrected chi connectivity index (χ1v) is 8.16. The van der Waals surface area contributed by atoms with E-state index >= 15 is 0 Å². The predicted octanol–water partition coefficient (Wildman–Crippen LogP) is 4.61. The molecule has 0 aliphatic heterocycles. The maximum Gasteiger partial charge on any atom is 0.339 e. The summed E-state index contributed by atoms with van der Waals surface area (Å²) in [7, 11) is 0. The molecule has 1 aromatic carbocycles. The fourth-order valence-electron chi connectivity index (χ4n) is 1.90. The molecule has 0 saturated heterocycles. The number of benzene rings is 1. The minimum atomic E-state index is -1.06. The summed E-state index contributed by atoms with van der Waals surface area (Å²) in [6.07, 6.45) is 5.49. The van der Waals surface area contributed by atoms with Gasteiger partial charge in [0.05, 0.1) is 16.3 Å². The second kappa shape index (κ2) is 9.51. The number of carbonyl (C=O) groups is 2. The molecule has 0 aliphatic carbocycles. The van der Waals surface area contributed by atoms with Gasteiger partial charge in [0.15, 0.2) is 0 Å². The van der Waals surface area contributed by atoms with Crippen LogP contribution in [0.3, 0.4) is 0 Å². The minimum Gasteiger partial charge on any atom is -0.478 e. The fourth-order valence-corrected chi connectivity index (χ4v) is 2.21. The lowest BCUT2D eigenvalue weighted by atomic mass is 10.2. The summed E-state index contributed by atoms with van der Waals surface area (Å²) in [5, 5.41) is 21.3. The molecule has 0 bridgehead atoms. The minimum absolute atomic E-state index is 0.0316. The van der Waals surface area contributed by atoms with E-state index in [9.17, 15) is 9.59 Å². The van der Waals surface area contributed by atoms with Crippen LogP contribution in [0.15, 0.2) is 61.2 Å². The largest absolute Gasteiger partial charge is 0.478 e. The number of pyridine rings is 2. The standard InChI is InChI=1S/C12H9ClN2O2.C6H4ClNO2/c13-8-1-3-9(4-2-8)15-11-5-6-14-7-10(11)12(16)17;7-5-1-2-8-3-4(5)6(9)10/h1-7H,(H,14,15)(H,16,17);1-3H,(H,9,10). The summed E-state index contributed by atoms with van der Waals surface area (Å²) in [5.41, 5.74) is 1.42. The van der Waals surface area contributed by atoms with Crippen molar-refractivity contribution in [3.8, 4) is 0 Å². The van der Waals surface area contributed by atoms with Crippen molar-refractivity contribution < 1.29 is 19.8 Å². The van der Waals surface area contributed by atoms with E-state index in [0.717, 1.165) is 5.69 Å². The van der Waals surface area contributed by atoms with Crippen LogP contribution in [0.2, 0.25) is 10.0 Å². The number of rotatable bonds is 4. The molecular weight excluding hydrogens is 393 g/mol. The van der Waals surface area contributed by atoms with Crippen molar-refractivity contribution in [3.05, 3.63) is 82.4 Å². The molecule has 27 heavy (non-hydrogen) atoms. The normalized spacial score (nSPS) is 9.70. The smallest absolute Gasteiger partial charge is 0.339 e. The van der Waals surface area contributed by atoms with Gasteiger partial charge in [-0.3, -0.25) is 9.97 Å². The molecule has 138 valence electrons. The van der Waals surface area contributed by atoms with Gasteiger partial charge in [-0.2, -0.15) is 0 Å². The van der Waals surface area contributed by atoms with Crippen LogP contribution in [-0.2, 0) is 0 Å². The molecule has 0 saturated carbocycles. The molecule has 3 rings (SSSR count). The zero-order valence-corrected chi connectivity index (χ0v) is 15.1. The summed E-state index contributed by atoms with van der Waals surface area (Å²) in [4.78, 5) is 28.6. The highest BCUT2D eigenvalue weighted by atomic mass is 35.5. The molecule has 0 unspecified atom stereocenters. The topological polar surface area (TPSA) is 112 Å². The van der Waals surface area contributed by atoms with E-state index in [2.05, 4.69) is 15.3 Å². The van der Waals surface area contributed by atoms with Crippen LogP contribution < -0.4 is 5.32 Å². The Labute approximate surface area is 164 Å². The van der Waals surface area contributed by atoms with Crippen molar-refractivity contribution in [2.45, 2.75) is 0 Å². The quantitative estimate of drug-likeness (QED) is 0.580. The van der Waals surface area contributed by atoms with Gasteiger partial charge in [0, 0.05) is 35.5 Å². The van der Waals surface area contributed by atoms with Crippen molar-refractivity contribution >= 4 is 46.5 Å². The molecule has 0 spiro atoms. The van der Waals surface area contributed by atoms with E-state index in [-0.39, 0.29) is 16.1 Å². The van der Waals surface area contributed by atoms with E-state index in [4.69, 9.17) is 33.4 Å². The number of halogens is 2. The van der Waals surface area contributed by atoms with Crippen LogP contribution in [0.5, 0.6) is 0 Å². The monoisotopic (exact) mass is 405 g/mol. The number of carboxylic acid groups (broad SMARTS) is 2. The van der Waals surface area contributed by atoms with Gasteiger partial charge in [0.1, 0.15) is 5.56 Å². The first kappa shape index (κ1) is 20.2. The van der Waals surface area contributed by atoms with Crippen LogP contribution in [0.4, 0.5) is 11.4 Å². The summed E-state index contributed by atoms with van der Waals surface area (Å²) in [6.45, 7) is 0. The lowest BCUT2D eigenvalue weighted by molar-refractivity contribution is 0.0686. The van der Waals surface area contributed by atoms with Crippen LogP contribution in [0, 0.1) is 0 Å². The highest BCUT2D eigenvalue weighted by Gasteiger charge is 2.09. The Bertz CT molecular complexity index is 949. The number of hydrogen-bond acceptors (Lipinski definition) is 5. The Morgan fingerprint density at radius 1 is 0.815 bits per heavy atom. The van der Waals surface area contributed by atoms with Crippen molar-refractivity contribution in [1.29, 1.82) is 0 Å². The van der Waals surface area contributed by atoms with E-state index in [1.54, 1.807) is 30.3 Å². The van der Waals surface area contributed by atoms with Gasteiger partial charge < -0.3 is 15.5 Å². The Morgan fingerprint density at radius 3 is 1.89 bits per heavy atom. The van der Waals surface area contributed by atoms with Crippen molar-refractivity contribution in [1.82, 2.24) is 9.97 Å². The molecule has 0 atom stereocenters. The number of aromatic carboxylic acids is 2. The number of aromatic nitrogens is 2. The number of nitrogens with one attached hydrogen (secondary N) is 1. The third kappa shape index (κ3) is 5.95. The van der Waals surface area contributed by atoms with Gasteiger partial charge in [-0.1, -0.05) is 23.2 Å². The van der Waals surface area contributed by atoms with Crippen LogP contribution in [0.1, 0.15) is 20.7 Å². The molecule has 2 heterocycles. The molecule has 0 amide bonds. The lowest BCUT2D eigenvalue weighted by Crippen LogP contribution is -2.03. The molecule has 0 radical (unpaired) electrons. The van der Waals surface area contributed by atoms with E-state index in [1.807, 2.05) is 0 Å². The van der Waals surface area contributed by atoms with Gasteiger partial charge >= 0.3 is 11.9 Å². The van der Waals surface area contributed by atoms with Crippen LogP contribution >= 0.6 is 23.2 Å². The molecule has 9 heteroatoms. The fraction of sp³-hybridized carbons (Fsp3) is 0. The second-order valence-corrected chi connectivity index (χ2v) is 5.86. The average Bonchev–Trinajstić information content (AvgIpc) is 2.64. The molecule has 0 aliphatic rings. The van der Waals surface area contributed by atoms with Crippen molar-refractivity contribution in [2.24, 2.45) is 0 Å². The summed E-state index contributed by atoms with van der Waals surface area (Å²) in [6, 6.07) is 10.0. The first-order chi connectivity index (χ1) is 12.9. The van der Waals surface area contributed by atoms with E-state index in [1.165, 1.54) is 30.9 Å². The first-order valence-electron chi connectivity index (χ1n) is 7.41. The Morgan fingerprint density at radius 2 is 1.37 bits per heavy atom. The molecular formula is C18H13Cl2N3O4. The highest BCUT2D eigenvalue weighted by Crippen LogP contribution is 2.21. The maximum atomic E-state index is 11.0. The Hall–Kier alpha value is -3.16. The number of carboxylic acids is 2. The average molecular weight is 406 g/mol. The highest BCUT2D eigenvalue weighted by molar-refractivity contribution is 6.33. The SMILES string of the molecule is O=C(O)c1cnccc1Cl.O=C(O)c1cnccc1Nc1ccc(Cl)cc1.